The number of rotatable bonds is 38. The number of aliphatic hydroxyl groups excluding tert-OH is 2. The zero-order valence-corrected chi connectivity index (χ0v) is 35.3. The first kappa shape index (κ1) is 52.1. The first-order valence-electron chi connectivity index (χ1n) is 20.0. The maximum atomic E-state index is 12.5. The van der Waals surface area contributed by atoms with Crippen molar-refractivity contribution in [1.29, 1.82) is 0 Å². The number of carbonyl (C=O) groups excluding carboxylic acids is 2. The van der Waals surface area contributed by atoms with E-state index in [4.69, 9.17) is 19.1 Å². The molecule has 0 rings (SSSR count). The second-order valence-corrected chi connectivity index (χ2v) is 15.1. The molecule has 0 radical (unpaired) electrons. The predicted molar refractivity (Wildman–Crippen MR) is 194 cm³/mol. The van der Waals surface area contributed by atoms with Crippen molar-refractivity contribution in [3.8, 4) is 0 Å². The van der Waals surface area contributed by atoms with Crippen molar-refractivity contribution in [3.63, 3.8) is 0 Å². The van der Waals surface area contributed by atoms with Crippen LogP contribution in [-0.4, -0.2) is 60.8 Å². The van der Waals surface area contributed by atoms with Crippen LogP contribution in [-0.2, 0) is 32.7 Å². The molecule has 0 amide bonds. The van der Waals surface area contributed by atoms with Crippen LogP contribution >= 0.6 is 7.82 Å². The maximum absolute atomic E-state index is 12.5. The third kappa shape index (κ3) is 37.7. The minimum Gasteiger partial charge on any atom is -0.756 e. The number of phosphoric acid groups is 1. The third-order valence-electron chi connectivity index (χ3n) is 8.75. The molecule has 0 saturated carbocycles. The Balaban J connectivity index is 0. The minimum atomic E-state index is -4.85. The molecule has 0 aromatic carbocycles. The van der Waals surface area contributed by atoms with Gasteiger partial charge in [0, 0.05) is 12.8 Å². The van der Waals surface area contributed by atoms with E-state index in [1.54, 1.807) is 0 Å². The quantitative estimate of drug-likeness (QED) is 0.0321. The van der Waals surface area contributed by atoms with Crippen LogP contribution in [0.1, 0.15) is 194 Å². The van der Waals surface area contributed by atoms with Gasteiger partial charge in [-0.2, -0.15) is 0 Å². The molecule has 292 valence electrons. The Morgan fingerprint density at radius 2 is 0.900 bits per heavy atom. The van der Waals surface area contributed by atoms with Crippen molar-refractivity contribution >= 4 is 19.8 Å². The fourth-order valence-corrected chi connectivity index (χ4v) is 6.41. The van der Waals surface area contributed by atoms with Crippen LogP contribution in [0, 0.1) is 0 Å². The van der Waals surface area contributed by atoms with Crippen LogP contribution < -0.4 is 34.5 Å². The minimum absolute atomic E-state index is 0. The Labute approximate surface area is 327 Å². The monoisotopic (exact) mass is 744 g/mol. The molecule has 50 heavy (non-hydrogen) atoms. The normalized spacial score (nSPS) is 13.7. The van der Waals surface area contributed by atoms with E-state index in [0.717, 1.165) is 38.5 Å². The van der Waals surface area contributed by atoms with E-state index in [2.05, 4.69) is 18.4 Å². The van der Waals surface area contributed by atoms with Gasteiger partial charge in [0.25, 0.3) is 7.82 Å². The Kier molecular flexibility index (Phi) is 40.3. The van der Waals surface area contributed by atoms with E-state index < -0.39 is 51.8 Å². The van der Waals surface area contributed by atoms with Crippen LogP contribution in [0.5, 0.6) is 0 Å². The number of aliphatic hydroxyl groups is 2. The second kappa shape index (κ2) is 38.7. The maximum Gasteiger partial charge on any atom is 1.00 e. The standard InChI is InChI=1S/C38H75O10P.Na/c1-3-5-7-9-11-13-15-17-19-21-23-25-27-29-37(41)45-33-36(34-47-49(43,44)46-32-35(40)31-39)48-38(42)30-28-26-24-22-20-18-16-14-12-10-8-6-4-2;/h35-36,39-40H,3-34H2,1-2H3,(H,43,44);/q;+1/p-1/t35?,36-;/m0./s1. The summed E-state index contributed by atoms with van der Waals surface area (Å²) < 4.78 is 32.2. The van der Waals surface area contributed by atoms with Gasteiger partial charge in [0.05, 0.1) is 19.8 Å². The zero-order chi connectivity index (χ0) is 36.3. The third-order valence-corrected chi connectivity index (χ3v) is 9.68. The fourth-order valence-electron chi connectivity index (χ4n) is 5.63. The molecule has 0 aromatic heterocycles. The average molecular weight is 745 g/mol. The number of esters is 2. The van der Waals surface area contributed by atoms with Crippen molar-refractivity contribution in [3.05, 3.63) is 0 Å². The van der Waals surface area contributed by atoms with E-state index in [-0.39, 0.29) is 49.0 Å². The average Bonchev–Trinajstić information content (AvgIpc) is 3.09. The van der Waals surface area contributed by atoms with Crippen molar-refractivity contribution < 1.29 is 77.3 Å². The van der Waals surface area contributed by atoms with Gasteiger partial charge in [-0.15, -0.1) is 0 Å². The molecule has 12 heteroatoms. The summed E-state index contributed by atoms with van der Waals surface area (Å²) in [7, 11) is -4.85. The Bertz CT molecular complexity index is 804. The number of unbranched alkanes of at least 4 members (excludes halogenated alkanes) is 24. The molecule has 0 saturated heterocycles. The van der Waals surface area contributed by atoms with E-state index in [0.29, 0.717) is 12.8 Å². The smallest absolute Gasteiger partial charge is 0.756 e. The molecule has 2 N–H and O–H groups in total. The van der Waals surface area contributed by atoms with Crippen LogP contribution in [0.4, 0.5) is 0 Å². The van der Waals surface area contributed by atoms with E-state index >= 15 is 0 Å². The number of hydrogen-bond donors (Lipinski definition) is 2. The Morgan fingerprint density at radius 1 is 0.560 bits per heavy atom. The zero-order valence-electron chi connectivity index (χ0n) is 32.4. The largest absolute Gasteiger partial charge is 1.00 e. The van der Waals surface area contributed by atoms with E-state index in [1.165, 1.54) is 116 Å². The predicted octanol–water partition coefficient (Wildman–Crippen LogP) is 6.26. The molecule has 0 heterocycles. The molecule has 0 bridgehead atoms. The first-order valence-corrected chi connectivity index (χ1v) is 21.4. The molecule has 0 aromatic rings. The Hall–Kier alpha value is -0.0300. The molecule has 0 aliphatic rings. The van der Waals surface area contributed by atoms with Crippen LogP contribution in [0.3, 0.4) is 0 Å². The van der Waals surface area contributed by atoms with Crippen LogP contribution in [0.15, 0.2) is 0 Å². The summed E-state index contributed by atoms with van der Waals surface area (Å²) in [4.78, 5) is 37.0. The Morgan fingerprint density at radius 3 is 1.28 bits per heavy atom. The molecule has 0 aliphatic carbocycles. The SMILES string of the molecule is CCCCCCCCCCCCCCCC(=O)OC[C@@H](COP(=O)([O-])OCC(O)CO)OC(=O)CCCCCCCCCCCCCCC.[Na+]. The van der Waals surface area contributed by atoms with Gasteiger partial charge in [0.1, 0.15) is 12.7 Å². The molecule has 3 atom stereocenters. The summed E-state index contributed by atoms with van der Waals surface area (Å²) in [6, 6.07) is 0. The van der Waals surface area contributed by atoms with Gasteiger partial charge in [0.15, 0.2) is 6.10 Å². The van der Waals surface area contributed by atoms with Gasteiger partial charge < -0.3 is 33.6 Å². The van der Waals surface area contributed by atoms with Gasteiger partial charge >= 0.3 is 41.5 Å². The van der Waals surface area contributed by atoms with Crippen LogP contribution in [0.25, 0.3) is 0 Å². The summed E-state index contributed by atoms with van der Waals surface area (Å²) in [6.07, 6.45) is 29.0. The first-order chi connectivity index (χ1) is 23.7. The summed E-state index contributed by atoms with van der Waals surface area (Å²) >= 11 is 0. The number of phosphoric ester groups is 1. The molecule has 2 unspecified atom stereocenters. The topological polar surface area (TPSA) is 152 Å². The van der Waals surface area contributed by atoms with Gasteiger partial charge in [-0.3, -0.25) is 14.2 Å². The van der Waals surface area contributed by atoms with Gasteiger partial charge in [0.2, 0.25) is 0 Å². The summed E-state index contributed by atoms with van der Waals surface area (Å²) in [6.45, 7) is 2.21. The number of carbonyl (C=O) groups is 2. The van der Waals surface area contributed by atoms with Crippen LogP contribution in [0.2, 0.25) is 0 Å². The van der Waals surface area contributed by atoms with Gasteiger partial charge in [-0.25, -0.2) is 0 Å². The van der Waals surface area contributed by atoms with E-state index in [1.807, 2.05) is 0 Å². The van der Waals surface area contributed by atoms with Crippen molar-refractivity contribution in [2.75, 3.05) is 26.4 Å². The number of hydrogen-bond acceptors (Lipinski definition) is 10. The molecular weight excluding hydrogens is 670 g/mol. The fraction of sp³-hybridized carbons (Fsp3) is 0.947. The number of ether oxygens (including phenoxy) is 2. The summed E-state index contributed by atoms with van der Waals surface area (Å²) in [5.41, 5.74) is 0. The summed E-state index contributed by atoms with van der Waals surface area (Å²) in [5.74, 6) is -0.949. The second-order valence-electron chi connectivity index (χ2n) is 13.7. The van der Waals surface area contributed by atoms with Gasteiger partial charge in [-0.05, 0) is 12.8 Å². The molecule has 0 aliphatic heterocycles. The molecule has 10 nitrogen and oxygen atoms in total. The van der Waals surface area contributed by atoms with Crippen molar-refractivity contribution in [2.24, 2.45) is 0 Å². The van der Waals surface area contributed by atoms with Gasteiger partial charge in [-0.1, -0.05) is 168 Å². The summed E-state index contributed by atoms with van der Waals surface area (Å²) in [5, 5.41) is 18.2. The van der Waals surface area contributed by atoms with E-state index in [9.17, 15) is 24.2 Å². The van der Waals surface area contributed by atoms with Crippen molar-refractivity contribution in [2.45, 2.75) is 206 Å². The molecule has 0 spiro atoms. The van der Waals surface area contributed by atoms with Crippen molar-refractivity contribution in [1.82, 2.24) is 0 Å². The molecular formula is C38H74NaO10P. The molecule has 0 fully saturated rings.